The molecular formula is C23H24F3N5O7S. The lowest BCUT2D eigenvalue weighted by Crippen LogP contribution is -2.62. The van der Waals surface area contributed by atoms with Crippen LogP contribution in [-0.4, -0.2) is 80.1 Å². The maximum atomic E-state index is 13.6. The molecule has 210 valence electrons. The zero-order valence-electron chi connectivity index (χ0n) is 20.7. The van der Waals surface area contributed by atoms with Crippen molar-refractivity contribution in [1.82, 2.24) is 19.5 Å². The smallest absolute Gasteiger partial charge is 0.311 e. The quantitative estimate of drug-likeness (QED) is 0.350. The second-order valence-electron chi connectivity index (χ2n) is 10.0. The SMILES string of the molecule is Cn1cc2c(c1C(=O)Nc1cc(F)c(F)c(F)c1)OCC1CN(C(=O)C(=O)NC3(C)COC3)CC1NS2(=O)=O. The van der Waals surface area contributed by atoms with Crippen LogP contribution in [0, 0.1) is 23.4 Å². The third-order valence-corrected chi connectivity index (χ3v) is 8.26. The maximum Gasteiger partial charge on any atom is 0.311 e. The van der Waals surface area contributed by atoms with Crippen LogP contribution in [0.15, 0.2) is 23.2 Å². The van der Waals surface area contributed by atoms with Crippen molar-refractivity contribution in [3.05, 3.63) is 41.5 Å². The van der Waals surface area contributed by atoms with Gasteiger partial charge in [-0.15, -0.1) is 0 Å². The van der Waals surface area contributed by atoms with Gasteiger partial charge < -0.3 is 29.6 Å². The third kappa shape index (κ3) is 4.94. The van der Waals surface area contributed by atoms with E-state index in [1.807, 2.05) is 0 Å². The Morgan fingerprint density at radius 1 is 1.13 bits per heavy atom. The number of carbonyl (C=O) groups is 3. The molecule has 3 aliphatic rings. The highest BCUT2D eigenvalue weighted by Crippen LogP contribution is 2.35. The van der Waals surface area contributed by atoms with Gasteiger partial charge in [0.1, 0.15) is 4.90 Å². The number of aryl methyl sites for hydroxylation is 1. The molecule has 3 amide bonds. The molecule has 2 aromatic rings. The molecule has 2 fully saturated rings. The largest absolute Gasteiger partial charge is 0.489 e. The van der Waals surface area contributed by atoms with Gasteiger partial charge in [-0.05, 0) is 6.92 Å². The molecule has 4 heterocycles. The summed E-state index contributed by atoms with van der Waals surface area (Å²) >= 11 is 0. The molecule has 1 aromatic carbocycles. The molecule has 3 aliphatic heterocycles. The Kier molecular flexibility index (Phi) is 6.59. The lowest BCUT2D eigenvalue weighted by Gasteiger charge is -2.38. The number of aromatic nitrogens is 1. The van der Waals surface area contributed by atoms with Gasteiger partial charge in [-0.2, -0.15) is 0 Å². The van der Waals surface area contributed by atoms with Gasteiger partial charge in [-0.1, -0.05) is 0 Å². The molecule has 2 saturated heterocycles. The van der Waals surface area contributed by atoms with E-state index in [1.165, 1.54) is 16.5 Å². The minimum Gasteiger partial charge on any atom is -0.489 e. The van der Waals surface area contributed by atoms with Crippen LogP contribution in [0.2, 0.25) is 0 Å². The van der Waals surface area contributed by atoms with Crippen LogP contribution in [0.4, 0.5) is 18.9 Å². The molecule has 0 saturated carbocycles. The fourth-order valence-corrected chi connectivity index (χ4v) is 6.22. The lowest BCUT2D eigenvalue weighted by molar-refractivity contribution is -0.150. The van der Waals surface area contributed by atoms with Crippen molar-refractivity contribution in [2.24, 2.45) is 13.0 Å². The molecule has 2 unspecified atom stereocenters. The molecule has 3 N–H and O–H groups in total. The predicted molar refractivity (Wildman–Crippen MR) is 127 cm³/mol. The Labute approximate surface area is 220 Å². The van der Waals surface area contributed by atoms with Gasteiger partial charge >= 0.3 is 11.8 Å². The Balaban J connectivity index is 1.36. The van der Waals surface area contributed by atoms with Crippen LogP contribution < -0.4 is 20.1 Å². The zero-order chi connectivity index (χ0) is 28.3. The molecule has 5 rings (SSSR count). The number of rotatable bonds is 3. The third-order valence-electron chi connectivity index (χ3n) is 6.78. The summed E-state index contributed by atoms with van der Waals surface area (Å²) in [5.41, 5.74) is -1.33. The Hall–Kier alpha value is -3.63. The highest BCUT2D eigenvalue weighted by Gasteiger charge is 2.44. The van der Waals surface area contributed by atoms with Gasteiger partial charge in [0.05, 0.1) is 25.4 Å². The number of carbonyl (C=O) groups excluding carboxylic acids is 3. The minimum atomic E-state index is -4.28. The van der Waals surface area contributed by atoms with E-state index in [2.05, 4.69) is 15.4 Å². The van der Waals surface area contributed by atoms with Crippen LogP contribution in [0.5, 0.6) is 5.75 Å². The summed E-state index contributed by atoms with van der Waals surface area (Å²) < 4.78 is 81.5. The van der Waals surface area contributed by atoms with Crippen molar-refractivity contribution < 1.29 is 45.4 Å². The van der Waals surface area contributed by atoms with Gasteiger partial charge in [-0.25, -0.2) is 26.3 Å². The van der Waals surface area contributed by atoms with Crippen molar-refractivity contribution >= 4 is 33.4 Å². The number of hydrogen-bond donors (Lipinski definition) is 3. The van der Waals surface area contributed by atoms with Gasteiger partial charge in [0.25, 0.3) is 5.91 Å². The lowest BCUT2D eigenvalue weighted by atomic mass is 10.0. The Morgan fingerprint density at radius 3 is 2.41 bits per heavy atom. The molecule has 0 bridgehead atoms. The van der Waals surface area contributed by atoms with Gasteiger partial charge in [0, 0.05) is 56.1 Å². The van der Waals surface area contributed by atoms with Crippen molar-refractivity contribution in [1.29, 1.82) is 0 Å². The van der Waals surface area contributed by atoms with Crippen LogP contribution in [0.3, 0.4) is 0 Å². The van der Waals surface area contributed by atoms with E-state index in [4.69, 9.17) is 9.47 Å². The van der Waals surface area contributed by atoms with E-state index in [0.29, 0.717) is 12.1 Å². The number of halogens is 3. The summed E-state index contributed by atoms with van der Waals surface area (Å²) in [6, 6.07) is 0.377. The molecule has 1 aromatic heterocycles. The van der Waals surface area contributed by atoms with Gasteiger partial charge in [0.2, 0.25) is 10.0 Å². The van der Waals surface area contributed by atoms with E-state index < -0.39 is 68.4 Å². The molecule has 0 aliphatic carbocycles. The second-order valence-corrected chi connectivity index (χ2v) is 11.7. The first-order chi connectivity index (χ1) is 18.3. The summed E-state index contributed by atoms with van der Waals surface area (Å²) in [4.78, 5) is 39.1. The topological polar surface area (TPSA) is 148 Å². The Bertz CT molecular complexity index is 1470. The fourth-order valence-electron chi connectivity index (χ4n) is 4.73. The number of hydrogen-bond acceptors (Lipinski definition) is 7. The highest BCUT2D eigenvalue weighted by molar-refractivity contribution is 7.89. The molecule has 16 heteroatoms. The number of nitrogens with zero attached hydrogens (tertiary/aromatic N) is 2. The number of nitrogens with one attached hydrogen (secondary N) is 3. The summed E-state index contributed by atoms with van der Waals surface area (Å²) in [5.74, 6) is -8.27. The molecule has 39 heavy (non-hydrogen) atoms. The van der Waals surface area contributed by atoms with Crippen molar-refractivity contribution in [3.63, 3.8) is 0 Å². The molecule has 0 spiro atoms. The van der Waals surface area contributed by atoms with Crippen molar-refractivity contribution in [3.8, 4) is 5.75 Å². The average molecular weight is 572 g/mol. The van der Waals surface area contributed by atoms with Crippen LogP contribution in [-0.2, 0) is 31.4 Å². The predicted octanol–water partition coefficient (Wildman–Crippen LogP) is 0.0975. The average Bonchev–Trinajstić information content (AvgIpc) is 3.38. The van der Waals surface area contributed by atoms with Crippen molar-refractivity contribution in [2.75, 3.05) is 38.2 Å². The summed E-state index contributed by atoms with van der Waals surface area (Å²) in [6.45, 7) is 2.07. The number of sulfonamides is 1. The molecule has 2 atom stereocenters. The fraction of sp³-hybridized carbons (Fsp3) is 0.435. The monoisotopic (exact) mass is 571 g/mol. The van der Waals surface area contributed by atoms with E-state index >= 15 is 0 Å². The first-order valence-corrected chi connectivity index (χ1v) is 13.3. The number of likely N-dealkylation sites (tertiary alicyclic amines) is 1. The zero-order valence-corrected chi connectivity index (χ0v) is 21.5. The van der Waals surface area contributed by atoms with Gasteiger partial charge in [0.15, 0.2) is 28.9 Å². The first-order valence-electron chi connectivity index (χ1n) is 11.8. The number of fused-ring (bicyclic) bond motifs is 2. The number of anilines is 1. The summed E-state index contributed by atoms with van der Waals surface area (Å²) in [7, 11) is -2.90. The van der Waals surface area contributed by atoms with Crippen molar-refractivity contribution in [2.45, 2.75) is 23.4 Å². The number of ether oxygens (including phenoxy) is 2. The van der Waals surface area contributed by atoms with E-state index in [9.17, 15) is 36.0 Å². The summed E-state index contributed by atoms with van der Waals surface area (Å²) in [6.07, 6.45) is 1.13. The first kappa shape index (κ1) is 27.0. The van der Waals surface area contributed by atoms with Crippen LogP contribution in [0.25, 0.3) is 0 Å². The standard InChI is InChI=1S/C23H24F3N5O7S/c1-23(9-37-10-23)28-21(33)22(34)31-5-11-8-38-19-16(39(35,36)29-15(11)6-31)7-30(2)18(19)20(32)27-12-3-13(24)17(26)14(25)4-12/h3-4,7,11,15,29H,5-6,8-10H2,1-2H3,(H,27,32)(H,28,33). The van der Waals surface area contributed by atoms with Crippen LogP contribution in [0.1, 0.15) is 17.4 Å². The Morgan fingerprint density at radius 2 is 1.79 bits per heavy atom. The number of benzene rings is 1. The number of amides is 3. The normalized spacial score (nSPS) is 22.8. The van der Waals surface area contributed by atoms with E-state index in [0.717, 1.165) is 6.20 Å². The summed E-state index contributed by atoms with van der Waals surface area (Å²) in [5, 5.41) is 4.83. The molecule has 0 radical (unpaired) electrons. The second kappa shape index (κ2) is 9.53. The maximum absolute atomic E-state index is 13.6. The van der Waals surface area contributed by atoms with Crippen LogP contribution >= 0.6 is 0 Å². The van der Waals surface area contributed by atoms with E-state index in [-0.39, 0.29) is 49.2 Å². The molecular weight excluding hydrogens is 547 g/mol. The highest BCUT2D eigenvalue weighted by atomic mass is 32.2. The van der Waals surface area contributed by atoms with E-state index in [1.54, 1.807) is 6.92 Å². The van der Waals surface area contributed by atoms with Gasteiger partial charge in [-0.3, -0.25) is 14.4 Å². The minimum absolute atomic E-state index is 0.00445. The molecule has 12 nitrogen and oxygen atoms in total.